The average Bonchev–Trinajstić information content (AvgIpc) is 2.93. The lowest BCUT2D eigenvalue weighted by atomic mass is 9.94. The van der Waals surface area contributed by atoms with Gasteiger partial charge in [0.15, 0.2) is 5.13 Å². The molecule has 0 fully saturated rings. The molecule has 22 heavy (non-hydrogen) atoms. The summed E-state index contributed by atoms with van der Waals surface area (Å²) < 4.78 is 0. The van der Waals surface area contributed by atoms with E-state index in [9.17, 15) is 0 Å². The lowest BCUT2D eigenvalue weighted by Crippen LogP contribution is -2.01. The van der Waals surface area contributed by atoms with Crippen LogP contribution in [-0.2, 0) is 12.8 Å². The van der Waals surface area contributed by atoms with Crippen LogP contribution in [0, 0.1) is 0 Å². The lowest BCUT2D eigenvalue weighted by molar-refractivity contribution is 0.955. The molecule has 110 valence electrons. The van der Waals surface area contributed by atoms with E-state index in [1.807, 2.05) is 12.1 Å². The SMILES string of the molecule is Clc1ccc(Nc2nc3c(s2)CCc2ccccc2-3)c(Cl)c1. The Labute approximate surface area is 142 Å². The van der Waals surface area contributed by atoms with Crippen LogP contribution in [-0.4, -0.2) is 4.98 Å². The molecule has 1 aliphatic carbocycles. The van der Waals surface area contributed by atoms with E-state index in [1.54, 1.807) is 17.4 Å². The molecule has 0 aliphatic heterocycles. The zero-order valence-corrected chi connectivity index (χ0v) is 13.9. The van der Waals surface area contributed by atoms with E-state index in [2.05, 4.69) is 29.6 Å². The Bertz CT molecular complexity index is 858. The minimum absolute atomic E-state index is 0.598. The Morgan fingerprint density at radius 1 is 1.05 bits per heavy atom. The van der Waals surface area contributed by atoms with Gasteiger partial charge in [0.1, 0.15) is 0 Å². The van der Waals surface area contributed by atoms with Crippen molar-refractivity contribution in [1.29, 1.82) is 0 Å². The second-order valence-corrected chi connectivity index (χ2v) is 7.12. The van der Waals surface area contributed by atoms with Crippen LogP contribution in [0.2, 0.25) is 10.0 Å². The number of benzene rings is 2. The lowest BCUT2D eigenvalue weighted by Gasteiger charge is -2.13. The first-order valence-corrected chi connectivity index (χ1v) is 8.58. The van der Waals surface area contributed by atoms with Crippen LogP contribution in [0.25, 0.3) is 11.3 Å². The third-order valence-corrected chi connectivity index (χ3v) is 5.34. The number of anilines is 2. The molecular formula is C17H12Cl2N2S. The van der Waals surface area contributed by atoms with Crippen molar-refractivity contribution >= 4 is 45.4 Å². The summed E-state index contributed by atoms with van der Waals surface area (Å²) in [5.41, 5.74) is 4.54. The highest BCUT2D eigenvalue weighted by atomic mass is 35.5. The molecule has 3 aromatic rings. The summed E-state index contributed by atoms with van der Waals surface area (Å²) >= 11 is 13.8. The summed E-state index contributed by atoms with van der Waals surface area (Å²) in [7, 11) is 0. The predicted octanol–water partition coefficient (Wildman–Crippen LogP) is 5.96. The number of halogens is 2. The van der Waals surface area contributed by atoms with Crippen LogP contribution in [0.1, 0.15) is 10.4 Å². The first-order valence-electron chi connectivity index (χ1n) is 7.01. The molecule has 0 spiro atoms. The first kappa shape index (κ1) is 14.1. The number of nitrogens with zero attached hydrogens (tertiary/aromatic N) is 1. The van der Waals surface area contributed by atoms with Gasteiger partial charge in [0.2, 0.25) is 0 Å². The molecule has 2 aromatic carbocycles. The molecule has 1 heterocycles. The van der Waals surface area contributed by atoms with Gasteiger partial charge in [-0.2, -0.15) is 0 Å². The molecule has 0 unspecified atom stereocenters. The Kier molecular flexibility index (Phi) is 3.57. The average molecular weight is 347 g/mol. The maximum Gasteiger partial charge on any atom is 0.188 e. The fourth-order valence-electron chi connectivity index (χ4n) is 2.71. The van der Waals surface area contributed by atoms with Crippen LogP contribution in [0.5, 0.6) is 0 Å². The third kappa shape index (κ3) is 2.50. The third-order valence-electron chi connectivity index (χ3n) is 3.76. The molecule has 1 aliphatic rings. The normalized spacial score (nSPS) is 12.6. The quantitative estimate of drug-likeness (QED) is 0.619. The van der Waals surface area contributed by atoms with Crippen LogP contribution >= 0.6 is 34.5 Å². The fraction of sp³-hybridized carbons (Fsp3) is 0.118. The van der Waals surface area contributed by atoms with E-state index < -0.39 is 0 Å². The second-order valence-electron chi connectivity index (χ2n) is 5.20. The van der Waals surface area contributed by atoms with Gasteiger partial charge in [-0.05, 0) is 36.6 Å². The Hall–Kier alpha value is -1.55. The largest absolute Gasteiger partial charge is 0.330 e. The van der Waals surface area contributed by atoms with Crippen molar-refractivity contribution in [2.75, 3.05) is 5.32 Å². The summed E-state index contributed by atoms with van der Waals surface area (Å²) in [6.07, 6.45) is 2.12. The zero-order valence-electron chi connectivity index (χ0n) is 11.6. The molecule has 0 radical (unpaired) electrons. The smallest absolute Gasteiger partial charge is 0.188 e. The predicted molar refractivity (Wildman–Crippen MR) is 94.7 cm³/mol. The van der Waals surface area contributed by atoms with Crippen molar-refractivity contribution in [3.63, 3.8) is 0 Å². The van der Waals surface area contributed by atoms with Crippen LogP contribution in [0.15, 0.2) is 42.5 Å². The Morgan fingerprint density at radius 3 is 2.77 bits per heavy atom. The van der Waals surface area contributed by atoms with Gasteiger partial charge in [0, 0.05) is 15.5 Å². The maximum atomic E-state index is 6.22. The van der Waals surface area contributed by atoms with Crippen LogP contribution in [0.3, 0.4) is 0 Å². The van der Waals surface area contributed by atoms with E-state index in [0.717, 1.165) is 29.4 Å². The summed E-state index contributed by atoms with van der Waals surface area (Å²) in [5.74, 6) is 0. The fourth-order valence-corrected chi connectivity index (χ4v) is 4.15. The minimum atomic E-state index is 0.598. The van der Waals surface area contributed by atoms with E-state index in [-0.39, 0.29) is 0 Å². The molecule has 0 atom stereocenters. The minimum Gasteiger partial charge on any atom is -0.330 e. The number of hydrogen-bond donors (Lipinski definition) is 1. The summed E-state index contributed by atoms with van der Waals surface area (Å²) in [5, 5.41) is 5.40. The van der Waals surface area contributed by atoms with Crippen molar-refractivity contribution in [3.8, 4) is 11.3 Å². The number of thiazole rings is 1. The molecule has 5 heteroatoms. The van der Waals surface area contributed by atoms with Gasteiger partial charge in [-0.3, -0.25) is 0 Å². The van der Waals surface area contributed by atoms with E-state index >= 15 is 0 Å². The van der Waals surface area contributed by atoms with Gasteiger partial charge in [0.05, 0.1) is 16.4 Å². The second kappa shape index (κ2) is 5.58. The van der Waals surface area contributed by atoms with Crippen molar-refractivity contribution < 1.29 is 0 Å². The first-order chi connectivity index (χ1) is 10.7. The van der Waals surface area contributed by atoms with Gasteiger partial charge < -0.3 is 5.32 Å². The highest BCUT2D eigenvalue weighted by Gasteiger charge is 2.20. The van der Waals surface area contributed by atoms with E-state index in [1.165, 1.54) is 16.0 Å². The van der Waals surface area contributed by atoms with Crippen molar-refractivity contribution in [2.24, 2.45) is 0 Å². The summed E-state index contributed by atoms with van der Waals surface area (Å²) in [6, 6.07) is 13.9. The molecular weight excluding hydrogens is 335 g/mol. The monoisotopic (exact) mass is 346 g/mol. The number of aromatic nitrogens is 1. The van der Waals surface area contributed by atoms with Gasteiger partial charge in [0.25, 0.3) is 0 Å². The molecule has 2 nitrogen and oxygen atoms in total. The molecule has 0 bridgehead atoms. The summed E-state index contributed by atoms with van der Waals surface area (Å²) in [4.78, 5) is 6.09. The van der Waals surface area contributed by atoms with Crippen molar-refractivity contribution in [2.45, 2.75) is 12.8 Å². The number of hydrogen-bond acceptors (Lipinski definition) is 3. The van der Waals surface area contributed by atoms with Gasteiger partial charge in [-0.1, -0.05) is 47.5 Å². The number of fused-ring (bicyclic) bond motifs is 3. The molecule has 0 saturated carbocycles. The van der Waals surface area contributed by atoms with E-state index in [0.29, 0.717) is 10.0 Å². The zero-order chi connectivity index (χ0) is 15.1. The van der Waals surface area contributed by atoms with Gasteiger partial charge >= 0.3 is 0 Å². The highest BCUT2D eigenvalue weighted by molar-refractivity contribution is 7.16. The van der Waals surface area contributed by atoms with Crippen molar-refractivity contribution in [3.05, 3.63) is 63.0 Å². The molecule has 1 N–H and O–H groups in total. The van der Waals surface area contributed by atoms with Gasteiger partial charge in [-0.25, -0.2) is 4.98 Å². The molecule has 4 rings (SSSR count). The molecule has 0 saturated heterocycles. The summed E-state index contributed by atoms with van der Waals surface area (Å²) in [6.45, 7) is 0. The van der Waals surface area contributed by atoms with Crippen molar-refractivity contribution in [1.82, 2.24) is 4.98 Å². The Morgan fingerprint density at radius 2 is 1.91 bits per heavy atom. The topological polar surface area (TPSA) is 24.9 Å². The standard InChI is InChI=1S/C17H12Cl2N2S/c18-11-6-7-14(13(19)9-11)20-17-21-16-12-4-2-1-3-10(12)5-8-15(16)22-17/h1-4,6-7,9H,5,8H2,(H,20,21). The van der Waals surface area contributed by atoms with Gasteiger partial charge in [-0.15, -0.1) is 11.3 Å². The van der Waals surface area contributed by atoms with Crippen LogP contribution < -0.4 is 5.32 Å². The van der Waals surface area contributed by atoms with Crippen LogP contribution in [0.4, 0.5) is 10.8 Å². The Balaban J connectivity index is 1.70. The molecule has 0 amide bonds. The molecule has 1 aromatic heterocycles. The number of rotatable bonds is 2. The van der Waals surface area contributed by atoms with E-state index in [4.69, 9.17) is 28.2 Å². The maximum absolute atomic E-state index is 6.22. The number of nitrogens with one attached hydrogen (secondary N) is 1. The number of aryl methyl sites for hydroxylation is 2. The highest BCUT2D eigenvalue weighted by Crippen LogP contribution is 2.39.